The Morgan fingerprint density at radius 2 is 1.65 bits per heavy atom. The summed E-state index contributed by atoms with van der Waals surface area (Å²) in [4.78, 5) is 27.8. The number of nitrogens with zero attached hydrogens (tertiary/aromatic N) is 1. The predicted molar refractivity (Wildman–Crippen MR) is 135 cm³/mol. The highest BCUT2D eigenvalue weighted by atomic mass is 16.2. The van der Waals surface area contributed by atoms with Crippen LogP contribution in [0.1, 0.15) is 90.9 Å². The molecule has 1 aliphatic heterocycles. The number of hydrogen-bond donors (Lipinski definition) is 4. The van der Waals surface area contributed by atoms with Crippen molar-refractivity contribution in [1.29, 1.82) is 5.41 Å². The van der Waals surface area contributed by atoms with Gasteiger partial charge in [0.1, 0.15) is 0 Å². The minimum atomic E-state index is -0.166. The number of likely N-dealkylation sites (tertiary alicyclic amines) is 1. The number of fused-ring (bicyclic) bond motifs is 1. The third kappa shape index (κ3) is 5.77. The van der Waals surface area contributed by atoms with E-state index < -0.39 is 0 Å². The average Bonchev–Trinajstić information content (AvgIpc) is 3.17. The van der Waals surface area contributed by atoms with Crippen molar-refractivity contribution in [1.82, 2.24) is 10.2 Å². The van der Waals surface area contributed by atoms with Crippen LogP contribution in [0.2, 0.25) is 0 Å². The fourth-order valence-electron chi connectivity index (χ4n) is 7.54. The van der Waals surface area contributed by atoms with Crippen LogP contribution in [-0.2, 0) is 9.59 Å². The molecule has 192 valence electrons. The van der Waals surface area contributed by atoms with Crippen molar-refractivity contribution in [3.05, 3.63) is 0 Å². The molecule has 1 saturated heterocycles. The highest BCUT2D eigenvalue weighted by Crippen LogP contribution is 2.43. The second-order valence-electron chi connectivity index (χ2n) is 12.2. The zero-order valence-electron chi connectivity index (χ0n) is 21.3. The Kier molecular flexibility index (Phi) is 8.21. The number of nitrogens with two attached hydrogens (primary N) is 2. The van der Waals surface area contributed by atoms with Crippen LogP contribution in [0.3, 0.4) is 0 Å². The van der Waals surface area contributed by atoms with E-state index in [9.17, 15) is 9.59 Å². The Labute approximate surface area is 205 Å². The Balaban J connectivity index is 1.44. The van der Waals surface area contributed by atoms with Crippen molar-refractivity contribution in [2.75, 3.05) is 6.54 Å². The first-order chi connectivity index (χ1) is 16.2. The van der Waals surface area contributed by atoms with Gasteiger partial charge < -0.3 is 16.8 Å². The zero-order chi connectivity index (χ0) is 24.4. The Bertz CT molecular complexity index is 747. The topological polar surface area (TPSA) is 125 Å². The quantitative estimate of drug-likeness (QED) is 0.334. The van der Waals surface area contributed by atoms with Crippen molar-refractivity contribution < 1.29 is 9.59 Å². The van der Waals surface area contributed by atoms with Crippen LogP contribution in [0.5, 0.6) is 0 Å². The minimum absolute atomic E-state index is 0.0126. The lowest BCUT2D eigenvalue weighted by Crippen LogP contribution is -2.52. The van der Waals surface area contributed by atoms with Gasteiger partial charge in [-0.2, -0.15) is 0 Å². The van der Waals surface area contributed by atoms with Crippen molar-refractivity contribution in [3.8, 4) is 0 Å². The molecule has 6 unspecified atom stereocenters. The lowest BCUT2D eigenvalue weighted by Gasteiger charge is -2.40. The normalized spacial score (nSPS) is 38.9. The van der Waals surface area contributed by atoms with Crippen LogP contribution in [0.4, 0.5) is 0 Å². The largest absolute Gasteiger partial charge is 0.387 e. The molecule has 3 saturated carbocycles. The van der Waals surface area contributed by atoms with Crippen LogP contribution in [0.15, 0.2) is 0 Å². The summed E-state index contributed by atoms with van der Waals surface area (Å²) in [6.45, 7) is 5.52. The molecule has 0 aromatic heterocycles. The fraction of sp³-hybridized carbons (Fsp3) is 0.889. The fourth-order valence-corrected chi connectivity index (χ4v) is 7.54. The van der Waals surface area contributed by atoms with E-state index in [4.69, 9.17) is 16.9 Å². The van der Waals surface area contributed by atoms with Crippen molar-refractivity contribution in [3.63, 3.8) is 0 Å². The summed E-state index contributed by atoms with van der Waals surface area (Å²) in [6, 6.07) is 0.560. The van der Waals surface area contributed by atoms with Gasteiger partial charge >= 0.3 is 0 Å². The molecule has 1 heterocycles. The van der Waals surface area contributed by atoms with Crippen LogP contribution in [0.25, 0.3) is 0 Å². The van der Waals surface area contributed by atoms with Crippen molar-refractivity contribution in [2.24, 2.45) is 47.0 Å². The van der Waals surface area contributed by atoms with E-state index in [0.29, 0.717) is 41.6 Å². The number of carbonyl (C=O) groups is 2. The minimum Gasteiger partial charge on any atom is -0.387 e. The number of carbonyl (C=O) groups excluding carboxylic acids is 2. The molecule has 0 bridgehead atoms. The second kappa shape index (κ2) is 11.0. The number of primary amides is 1. The molecule has 6 atom stereocenters. The van der Waals surface area contributed by atoms with Gasteiger partial charge in [0.15, 0.2) is 0 Å². The average molecular weight is 474 g/mol. The predicted octanol–water partition coefficient (Wildman–Crippen LogP) is 3.40. The summed E-state index contributed by atoms with van der Waals surface area (Å²) < 4.78 is 0. The second-order valence-corrected chi connectivity index (χ2v) is 12.2. The van der Waals surface area contributed by atoms with Gasteiger partial charge in [-0.1, -0.05) is 26.7 Å². The molecule has 7 heteroatoms. The van der Waals surface area contributed by atoms with Gasteiger partial charge in [0.05, 0.1) is 11.9 Å². The van der Waals surface area contributed by atoms with Crippen molar-refractivity contribution in [2.45, 2.75) is 109 Å². The molecule has 4 rings (SSSR count). The molecule has 34 heavy (non-hydrogen) atoms. The molecular formula is C27H47N5O2. The number of nitrogens with one attached hydrogen (secondary N) is 2. The van der Waals surface area contributed by atoms with Gasteiger partial charge in [-0.3, -0.25) is 19.9 Å². The molecule has 4 aliphatic rings. The maximum Gasteiger partial charge on any atom is 0.237 e. The maximum absolute atomic E-state index is 13.7. The molecular weight excluding hydrogens is 426 g/mol. The van der Waals surface area contributed by atoms with E-state index in [1.807, 2.05) is 0 Å². The zero-order valence-corrected chi connectivity index (χ0v) is 21.3. The summed E-state index contributed by atoms with van der Waals surface area (Å²) in [6.07, 6.45) is 12.3. The molecule has 7 nitrogen and oxygen atoms in total. The standard InChI is InChI=1S/C27H47N5O2/c1-16(2)19-4-3-5-22(12-19)31-27(34)24-13-20-10-11-21(25(28)29)14-23(20)32(24)15-17-6-8-18(9-7-17)26(30)33/h16-24H,3-15H2,1-2H3,(H3,28,29)(H2,30,33)(H,31,34). The number of amides is 2. The Hall–Kier alpha value is -1.63. The molecule has 4 fully saturated rings. The summed E-state index contributed by atoms with van der Waals surface area (Å²) in [5, 5.41) is 11.5. The maximum atomic E-state index is 13.7. The first kappa shape index (κ1) is 25.5. The van der Waals surface area contributed by atoms with Gasteiger partial charge in [-0.05, 0) is 87.9 Å². The number of rotatable bonds is 7. The number of hydrogen-bond acceptors (Lipinski definition) is 4. The van der Waals surface area contributed by atoms with Crippen LogP contribution < -0.4 is 16.8 Å². The van der Waals surface area contributed by atoms with E-state index in [1.165, 1.54) is 12.8 Å². The third-order valence-corrected chi connectivity index (χ3v) is 9.77. The monoisotopic (exact) mass is 473 g/mol. The summed E-state index contributed by atoms with van der Waals surface area (Å²) in [5.41, 5.74) is 11.5. The van der Waals surface area contributed by atoms with Crippen LogP contribution >= 0.6 is 0 Å². The molecule has 0 aromatic rings. The highest BCUT2D eigenvalue weighted by molar-refractivity contribution is 5.83. The van der Waals surface area contributed by atoms with Gasteiger partial charge in [0.2, 0.25) is 11.8 Å². The first-order valence-electron chi connectivity index (χ1n) is 13.9. The SMILES string of the molecule is CC(C)C1CCCC(NC(=O)C2CC3CCC(C(=N)N)CC3N2CC2CCC(C(N)=O)CC2)C1. The first-order valence-corrected chi connectivity index (χ1v) is 13.9. The van der Waals surface area contributed by atoms with E-state index in [1.54, 1.807) is 0 Å². The van der Waals surface area contributed by atoms with Crippen LogP contribution in [0, 0.1) is 40.9 Å². The van der Waals surface area contributed by atoms with Gasteiger partial charge in [-0.25, -0.2) is 0 Å². The lowest BCUT2D eigenvalue weighted by molar-refractivity contribution is -0.127. The molecule has 0 radical (unpaired) electrons. The van der Waals surface area contributed by atoms with E-state index in [-0.39, 0.29) is 29.7 Å². The van der Waals surface area contributed by atoms with Gasteiger partial charge in [0, 0.05) is 30.5 Å². The van der Waals surface area contributed by atoms with E-state index in [0.717, 1.165) is 70.8 Å². The molecule has 0 aromatic carbocycles. The Morgan fingerprint density at radius 3 is 2.29 bits per heavy atom. The lowest BCUT2D eigenvalue weighted by atomic mass is 9.77. The summed E-state index contributed by atoms with van der Waals surface area (Å²) in [5.74, 6) is 2.90. The molecule has 6 N–H and O–H groups in total. The summed E-state index contributed by atoms with van der Waals surface area (Å²) in [7, 11) is 0. The smallest absolute Gasteiger partial charge is 0.237 e. The van der Waals surface area contributed by atoms with Crippen molar-refractivity contribution >= 4 is 17.6 Å². The third-order valence-electron chi connectivity index (χ3n) is 9.77. The molecule has 2 amide bonds. The highest BCUT2D eigenvalue weighted by Gasteiger charge is 2.48. The van der Waals surface area contributed by atoms with Crippen LogP contribution in [-0.4, -0.2) is 47.2 Å². The van der Waals surface area contributed by atoms with Gasteiger partial charge in [0.25, 0.3) is 0 Å². The van der Waals surface area contributed by atoms with E-state index >= 15 is 0 Å². The summed E-state index contributed by atoms with van der Waals surface area (Å²) >= 11 is 0. The molecule has 3 aliphatic carbocycles. The van der Waals surface area contributed by atoms with E-state index in [2.05, 4.69) is 24.1 Å². The molecule has 0 spiro atoms. The Morgan fingerprint density at radius 1 is 0.941 bits per heavy atom. The number of amidine groups is 1. The van der Waals surface area contributed by atoms with Gasteiger partial charge in [-0.15, -0.1) is 0 Å².